The Labute approximate surface area is 196 Å². The summed E-state index contributed by atoms with van der Waals surface area (Å²) in [6.07, 6.45) is 6.86. The zero-order chi connectivity index (χ0) is 22.7. The molecule has 1 aromatic carbocycles. The standard InChI is InChI=1S/C28H45N3O/c1-21(2)29-16-18-30(19-17-29)27-7-5-6-23(4)26(27)20-28(32)31-14-12-25(13-15-31)24-10-8-22(3)9-11-24/h8-11,21,23,25-27H,5-7,12-20H2,1-4H3/t23-,26?,27-/m0/s1. The maximum atomic E-state index is 13.4. The lowest BCUT2D eigenvalue weighted by Crippen LogP contribution is -2.55. The Kier molecular flexibility index (Phi) is 7.94. The van der Waals surface area contributed by atoms with Crippen LogP contribution in [0.1, 0.15) is 76.3 Å². The van der Waals surface area contributed by atoms with Gasteiger partial charge >= 0.3 is 0 Å². The Bertz CT molecular complexity index is 730. The molecule has 2 aliphatic heterocycles. The monoisotopic (exact) mass is 439 g/mol. The number of benzene rings is 1. The van der Waals surface area contributed by atoms with Crippen molar-refractivity contribution in [3.05, 3.63) is 35.4 Å². The number of carbonyl (C=O) groups is 1. The van der Waals surface area contributed by atoms with Crippen molar-refractivity contribution < 1.29 is 4.79 Å². The average molecular weight is 440 g/mol. The summed E-state index contributed by atoms with van der Waals surface area (Å²) >= 11 is 0. The van der Waals surface area contributed by atoms with Gasteiger partial charge in [0.2, 0.25) is 5.91 Å². The molecule has 1 unspecified atom stereocenters. The molecule has 4 rings (SSSR count). The topological polar surface area (TPSA) is 26.8 Å². The Balaban J connectivity index is 1.32. The van der Waals surface area contributed by atoms with Crippen LogP contribution in [0.2, 0.25) is 0 Å². The Hall–Kier alpha value is -1.39. The molecule has 2 heterocycles. The summed E-state index contributed by atoms with van der Waals surface area (Å²) in [6, 6.07) is 10.2. The fraction of sp³-hybridized carbons (Fsp3) is 0.750. The summed E-state index contributed by atoms with van der Waals surface area (Å²) in [7, 11) is 0. The van der Waals surface area contributed by atoms with E-state index >= 15 is 0 Å². The SMILES string of the molecule is Cc1ccc(C2CCN(C(=O)CC3[C@@H](C)CCC[C@@H]3N3CCN(C(C)C)CC3)CC2)cc1. The molecule has 1 saturated carbocycles. The predicted octanol–water partition coefficient (Wildman–Crippen LogP) is 4.92. The number of carbonyl (C=O) groups excluding carboxylic acids is 1. The lowest BCUT2D eigenvalue weighted by Gasteiger charge is -2.47. The second kappa shape index (κ2) is 10.7. The fourth-order valence-electron chi connectivity index (χ4n) is 6.46. The summed E-state index contributed by atoms with van der Waals surface area (Å²) in [5, 5.41) is 0. The molecule has 0 bridgehead atoms. The van der Waals surface area contributed by atoms with Crippen LogP contribution >= 0.6 is 0 Å². The number of piperidine rings is 1. The van der Waals surface area contributed by atoms with Gasteiger partial charge in [-0.2, -0.15) is 0 Å². The van der Waals surface area contributed by atoms with Crippen molar-refractivity contribution in [3.63, 3.8) is 0 Å². The highest BCUT2D eigenvalue weighted by molar-refractivity contribution is 5.76. The van der Waals surface area contributed by atoms with Gasteiger partial charge in [0.25, 0.3) is 0 Å². The first-order chi connectivity index (χ1) is 15.4. The molecule has 4 heteroatoms. The quantitative estimate of drug-likeness (QED) is 0.651. The maximum absolute atomic E-state index is 13.4. The molecule has 4 nitrogen and oxygen atoms in total. The largest absolute Gasteiger partial charge is 0.343 e. The Morgan fingerprint density at radius 2 is 1.59 bits per heavy atom. The summed E-state index contributed by atoms with van der Waals surface area (Å²) in [5.74, 6) is 2.21. The first-order valence-corrected chi connectivity index (χ1v) is 13.2. The van der Waals surface area contributed by atoms with Gasteiger partial charge < -0.3 is 4.90 Å². The van der Waals surface area contributed by atoms with Gasteiger partial charge in [-0.1, -0.05) is 49.6 Å². The van der Waals surface area contributed by atoms with E-state index in [-0.39, 0.29) is 0 Å². The third kappa shape index (κ3) is 5.56. The van der Waals surface area contributed by atoms with Gasteiger partial charge in [-0.3, -0.25) is 14.6 Å². The number of hydrogen-bond donors (Lipinski definition) is 0. The van der Waals surface area contributed by atoms with E-state index in [0.717, 1.165) is 32.4 Å². The van der Waals surface area contributed by atoms with Gasteiger partial charge in [0, 0.05) is 57.8 Å². The van der Waals surface area contributed by atoms with Gasteiger partial charge in [0.15, 0.2) is 0 Å². The summed E-state index contributed by atoms with van der Waals surface area (Å²) in [6.45, 7) is 15.7. The molecule has 3 atom stereocenters. The molecule has 1 aromatic rings. The molecule has 178 valence electrons. The fourth-order valence-corrected chi connectivity index (χ4v) is 6.46. The molecular weight excluding hydrogens is 394 g/mol. The molecule has 3 fully saturated rings. The third-order valence-electron chi connectivity index (χ3n) is 8.74. The zero-order valence-electron chi connectivity index (χ0n) is 20.9. The minimum absolute atomic E-state index is 0.414. The lowest BCUT2D eigenvalue weighted by atomic mass is 9.74. The van der Waals surface area contributed by atoms with Crippen molar-refractivity contribution in [2.75, 3.05) is 39.3 Å². The molecule has 0 radical (unpaired) electrons. The van der Waals surface area contributed by atoms with Crippen molar-refractivity contribution in [1.29, 1.82) is 0 Å². The number of aryl methyl sites for hydroxylation is 1. The first kappa shape index (κ1) is 23.8. The summed E-state index contributed by atoms with van der Waals surface area (Å²) < 4.78 is 0. The van der Waals surface area contributed by atoms with Crippen LogP contribution in [-0.4, -0.2) is 72.0 Å². The smallest absolute Gasteiger partial charge is 0.222 e. The van der Waals surface area contributed by atoms with E-state index in [1.165, 1.54) is 56.6 Å². The van der Waals surface area contributed by atoms with Gasteiger partial charge in [-0.25, -0.2) is 0 Å². The van der Waals surface area contributed by atoms with E-state index in [2.05, 4.69) is 66.7 Å². The molecule has 0 N–H and O–H groups in total. The highest BCUT2D eigenvalue weighted by Crippen LogP contribution is 2.37. The lowest BCUT2D eigenvalue weighted by molar-refractivity contribution is -0.135. The van der Waals surface area contributed by atoms with E-state index in [4.69, 9.17) is 0 Å². The summed E-state index contributed by atoms with van der Waals surface area (Å²) in [5.41, 5.74) is 2.77. The molecular formula is C28H45N3O. The van der Waals surface area contributed by atoms with Crippen molar-refractivity contribution >= 4 is 5.91 Å². The van der Waals surface area contributed by atoms with E-state index in [1.807, 2.05) is 0 Å². The van der Waals surface area contributed by atoms with Crippen molar-refractivity contribution in [3.8, 4) is 0 Å². The van der Waals surface area contributed by atoms with Crippen LogP contribution in [0.25, 0.3) is 0 Å². The number of likely N-dealkylation sites (tertiary alicyclic amines) is 1. The highest BCUT2D eigenvalue weighted by atomic mass is 16.2. The van der Waals surface area contributed by atoms with Crippen LogP contribution in [0.4, 0.5) is 0 Å². The first-order valence-electron chi connectivity index (χ1n) is 13.2. The Morgan fingerprint density at radius 1 is 0.938 bits per heavy atom. The van der Waals surface area contributed by atoms with E-state index < -0.39 is 0 Å². The third-order valence-corrected chi connectivity index (χ3v) is 8.74. The van der Waals surface area contributed by atoms with Gasteiger partial charge in [-0.15, -0.1) is 0 Å². The molecule has 32 heavy (non-hydrogen) atoms. The van der Waals surface area contributed by atoms with Crippen LogP contribution in [-0.2, 0) is 4.79 Å². The normalized spacial score (nSPS) is 28.9. The molecule has 0 aromatic heterocycles. The number of amides is 1. The van der Waals surface area contributed by atoms with Crippen molar-refractivity contribution in [2.24, 2.45) is 11.8 Å². The van der Waals surface area contributed by atoms with Crippen molar-refractivity contribution in [1.82, 2.24) is 14.7 Å². The zero-order valence-corrected chi connectivity index (χ0v) is 20.9. The molecule has 1 aliphatic carbocycles. The van der Waals surface area contributed by atoms with Crippen LogP contribution in [0.15, 0.2) is 24.3 Å². The summed E-state index contributed by atoms with van der Waals surface area (Å²) in [4.78, 5) is 20.9. The second-order valence-corrected chi connectivity index (χ2v) is 11.1. The van der Waals surface area contributed by atoms with Crippen LogP contribution in [0, 0.1) is 18.8 Å². The average Bonchev–Trinajstić information content (AvgIpc) is 2.81. The Morgan fingerprint density at radius 3 is 2.22 bits per heavy atom. The molecule has 0 spiro atoms. The van der Waals surface area contributed by atoms with Gasteiger partial charge in [-0.05, 0) is 63.4 Å². The molecule has 2 saturated heterocycles. The van der Waals surface area contributed by atoms with Crippen LogP contribution in [0.5, 0.6) is 0 Å². The minimum Gasteiger partial charge on any atom is -0.343 e. The maximum Gasteiger partial charge on any atom is 0.222 e. The van der Waals surface area contributed by atoms with E-state index in [9.17, 15) is 4.79 Å². The number of rotatable bonds is 5. The minimum atomic E-state index is 0.414. The molecule has 3 aliphatic rings. The van der Waals surface area contributed by atoms with Crippen LogP contribution in [0.3, 0.4) is 0 Å². The van der Waals surface area contributed by atoms with Gasteiger partial charge in [0.1, 0.15) is 0 Å². The van der Waals surface area contributed by atoms with E-state index in [1.54, 1.807) is 0 Å². The number of nitrogens with zero attached hydrogens (tertiary/aromatic N) is 3. The van der Waals surface area contributed by atoms with E-state index in [0.29, 0.717) is 35.7 Å². The second-order valence-electron chi connectivity index (χ2n) is 11.1. The van der Waals surface area contributed by atoms with Gasteiger partial charge in [0.05, 0.1) is 0 Å². The number of piperazine rings is 1. The van der Waals surface area contributed by atoms with Crippen LogP contribution < -0.4 is 0 Å². The molecule has 1 amide bonds. The van der Waals surface area contributed by atoms with Crippen molar-refractivity contribution in [2.45, 2.75) is 84.2 Å². The highest BCUT2D eigenvalue weighted by Gasteiger charge is 2.38. The number of hydrogen-bond acceptors (Lipinski definition) is 3. The predicted molar refractivity (Wildman–Crippen MR) is 133 cm³/mol.